The maximum absolute atomic E-state index is 10.9. The Balaban J connectivity index is 2.79. The summed E-state index contributed by atoms with van der Waals surface area (Å²) in [5.41, 5.74) is 1.12. The summed E-state index contributed by atoms with van der Waals surface area (Å²) in [6.07, 6.45) is 1.45. The van der Waals surface area contributed by atoms with Gasteiger partial charge in [0.15, 0.2) is 0 Å². The van der Waals surface area contributed by atoms with Crippen LogP contribution >= 0.6 is 11.3 Å². The van der Waals surface area contributed by atoms with E-state index in [2.05, 4.69) is 4.98 Å². The van der Waals surface area contributed by atoms with Gasteiger partial charge in [-0.05, 0) is 18.6 Å². The van der Waals surface area contributed by atoms with Crippen molar-refractivity contribution in [3.63, 3.8) is 0 Å². The summed E-state index contributed by atoms with van der Waals surface area (Å²) in [6.45, 7) is 1.73. The highest BCUT2D eigenvalue weighted by molar-refractivity contribution is 7.20. The van der Waals surface area contributed by atoms with Crippen LogP contribution in [0.25, 0.3) is 10.2 Å². The van der Waals surface area contributed by atoms with Gasteiger partial charge in [0.2, 0.25) is 0 Å². The van der Waals surface area contributed by atoms with Gasteiger partial charge in [-0.1, -0.05) is 0 Å². The number of carboxylic acids is 1. The second-order valence-corrected chi connectivity index (χ2v) is 4.05. The van der Waals surface area contributed by atoms with Crippen molar-refractivity contribution < 1.29 is 9.90 Å². The van der Waals surface area contributed by atoms with Crippen molar-refractivity contribution in [2.24, 2.45) is 0 Å². The highest BCUT2D eigenvalue weighted by Gasteiger charge is 2.15. The topological polar surface area (TPSA) is 74.0 Å². The third-order valence-electron chi connectivity index (χ3n) is 2.12. The zero-order valence-electron chi connectivity index (χ0n) is 7.81. The van der Waals surface area contributed by atoms with Gasteiger partial charge in [0.25, 0.3) is 0 Å². The number of hydrogen-bond donors (Lipinski definition) is 1. The number of fused-ring (bicyclic) bond motifs is 1. The molecule has 0 aliphatic rings. The molecule has 74 valence electrons. The Morgan fingerprint density at radius 1 is 1.67 bits per heavy atom. The van der Waals surface area contributed by atoms with Crippen LogP contribution < -0.4 is 0 Å². The first kappa shape index (κ1) is 9.62. The number of nitrogens with zero attached hydrogens (tertiary/aromatic N) is 2. The standard InChI is InChI=1S/C10H6N2O2S/c1-5-7-2-6(3-11)4-12-9(7)15-8(5)10(13)14/h2,4H,1H3,(H,13,14). The summed E-state index contributed by atoms with van der Waals surface area (Å²) >= 11 is 1.13. The van der Waals surface area contributed by atoms with Crippen LogP contribution in [0.5, 0.6) is 0 Å². The molecule has 2 rings (SSSR count). The first-order valence-corrected chi connectivity index (χ1v) is 4.97. The van der Waals surface area contributed by atoms with E-state index in [4.69, 9.17) is 10.4 Å². The molecule has 1 N–H and O–H groups in total. The lowest BCUT2D eigenvalue weighted by Crippen LogP contribution is -1.93. The quantitative estimate of drug-likeness (QED) is 0.796. The molecule has 0 atom stereocenters. The summed E-state index contributed by atoms with van der Waals surface area (Å²) in [6, 6.07) is 3.65. The number of hydrogen-bond acceptors (Lipinski definition) is 4. The van der Waals surface area contributed by atoms with Crippen molar-refractivity contribution in [2.45, 2.75) is 6.92 Å². The van der Waals surface area contributed by atoms with E-state index >= 15 is 0 Å². The van der Waals surface area contributed by atoms with Crippen molar-refractivity contribution in [3.8, 4) is 6.07 Å². The maximum atomic E-state index is 10.9. The fourth-order valence-corrected chi connectivity index (χ4v) is 2.33. The summed E-state index contributed by atoms with van der Waals surface area (Å²) in [5, 5.41) is 18.4. The van der Waals surface area contributed by atoms with Gasteiger partial charge in [0, 0.05) is 11.6 Å². The number of nitriles is 1. The lowest BCUT2D eigenvalue weighted by Gasteiger charge is -1.91. The van der Waals surface area contributed by atoms with Crippen LogP contribution in [0.1, 0.15) is 20.8 Å². The summed E-state index contributed by atoms with van der Waals surface area (Å²) in [7, 11) is 0. The molecule has 0 aromatic carbocycles. The average molecular weight is 218 g/mol. The van der Waals surface area contributed by atoms with Crippen LogP contribution in [0.3, 0.4) is 0 Å². The molecule has 4 nitrogen and oxygen atoms in total. The first-order chi connectivity index (χ1) is 7.13. The van der Waals surface area contributed by atoms with Gasteiger partial charge in [-0.25, -0.2) is 9.78 Å². The predicted molar refractivity (Wildman–Crippen MR) is 56.0 cm³/mol. The van der Waals surface area contributed by atoms with Gasteiger partial charge < -0.3 is 5.11 Å². The van der Waals surface area contributed by atoms with Crippen molar-refractivity contribution in [2.75, 3.05) is 0 Å². The van der Waals surface area contributed by atoms with Gasteiger partial charge in [0.05, 0.1) is 5.56 Å². The molecule has 15 heavy (non-hydrogen) atoms. The molecule has 2 heterocycles. The lowest BCUT2D eigenvalue weighted by molar-refractivity contribution is 0.0701. The number of carbonyl (C=O) groups is 1. The second kappa shape index (κ2) is 3.33. The zero-order chi connectivity index (χ0) is 11.0. The van der Waals surface area contributed by atoms with Gasteiger partial charge in [-0.3, -0.25) is 0 Å². The van der Waals surface area contributed by atoms with Crippen LogP contribution in [0.2, 0.25) is 0 Å². The van der Waals surface area contributed by atoms with Crippen molar-refractivity contribution in [1.29, 1.82) is 5.26 Å². The summed E-state index contributed by atoms with van der Waals surface area (Å²) in [4.78, 5) is 15.9. The molecule has 2 aromatic rings. The van der Waals surface area contributed by atoms with Crippen LogP contribution in [0.15, 0.2) is 12.3 Å². The van der Waals surface area contributed by atoms with Crippen LogP contribution in [0, 0.1) is 18.3 Å². The molecule has 0 saturated carbocycles. The van der Waals surface area contributed by atoms with Crippen molar-refractivity contribution in [1.82, 2.24) is 4.98 Å². The number of aromatic carboxylic acids is 1. The Kier molecular flexibility index (Phi) is 2.14. The van der Waals surface area contributed by atoms with Crippen LogP contribution in [-0.4, -0.2) is 16.1 Å². The highest BCUT2D eigenvalue weighted by Crippen LogP contribution is 2.29. The van der Waals surface area contributed by atoms with E-state index in [9.17, 15) is 4.79 Å². The predicted octanol–water partition coefficient (Wildman–Crippen LogP) is 2.17. The number of carboxylic acid groups (broad SMARTS) is 1. The monoisotopic (exact) mass is 218 g/mol. The minimum absolute atomic E-state index is 0.285. The average Bonchev–Trinajstić information content (AvgIpc) is 2.56. The molecule has 0 amide bonds. The molecule has 0 saturated heterocycles. The molecule has 0 spiro atoms. The maximum Gasteiger partial charge on any atom is 0.346 e. The third-order valence-corrected chi connectivity index (χ3v) is 3.32. The summed E-state index contributed by atoms with van der Waals surface area (Å²) < 4.78 is 0. The van der Waals surface area contributed by atoms with Gasteiger partial charge in [-0.15, -0.1) is 11.3 Å². The first-order valence-electron chi connectivity index (χ1n) is 4.16. The van der Waals surface area contributed by atoms with Gasteiger partial charge in [0.1, 0.15) is 15.8 Å². The number of aromatic nitrogens is 1. The Morgan fingerprint density at radius 3 is 3.00 bits per heavy atom. The number of thiophene rings is 1. The molecule has 2 aromatic heterocycles. The van der Waals surface area contributed by atoms with Gasteiger partial charge in [-0.2, -0.15) is 5.26 Å². The molecule has 0 radical (unpaired) electrons. The summed E-state index contributed by atoms with van der Waals surface area (Å²) in [5.74, 6) is -0.950. The Labute approximate surface area is 89.4 Å². The number of aryl methyl sites for hydroxylation is 1. The second-order valence-electron chi connectivity index (χ2n) is 3.05. The van der Waals surface area contributed by atoms with Crippen molar-refractivity contribution >= 4 is 27.5 Å². The minimum Gasteiger partial charge on any atom is -0.477 e. The molecule has 0 aliphatic heterocycles. The van der Waals surface area contributed by atoms with Crippen molar-refractivity contribution in [3.05, 3.63) is 28.3 Å². The largest absolute Gasteiger partial charge is 0.477 e. The number of rotatable bonds is 1. The van der Waals surface area contributed by atoms with E-state index in [1.165, 1.54) is 6.20 Å². The third kappa shape index (κ3) is 1.45. The zero-order valence-corrected chi connectivity index (χ0v) is 8.63. The SMILES string of the molecule is Cc1c(C(=O)O)sc2ncc(C#N)cc12. The van der Waals surface area contributed by atoms with E-state index in [1.54, 1.807) is 13.0 Å². The molecule has 0 fully saturated rings. The molecular formula is C10H6N2O2S. The Hall–Kier alpha value is -1.93. The fourth-order valence-electron chi connectivity index (χ4n) is 1.36. The Bertz CT molecular complexity index is 595. The minimum atomic E-state index is -0.950. The van der Waals surface area contributed by atoms with E-state index < -0.39 is 5.97 Å². The van der Waals surface area contributed by atoms with E-state index in [0.717, 1.165) is 16.7 Å². The van der Waals surface area contributed by atoms with E-state index in [-0.39, 0.29) is 4.88 Å². The van der Waals surface area contributed by atoms with Crippen LogP contribution in [-0.2, 0) is 0 Å². The fraction of sp³-hybridized carbons (Fsp3) is 0.100. The van der Waals surface area contributed by atoms with E-state index in [0.29, 0.717) is 16.0 Å². The van der Waals surface area contributed by atoms with Crippen LogP contribution in [0.4, 0.5) is 0 Å². The molecule has 0 bridgehead atoms. The molecular weight excluding hydrogens is 212 g/mol. The molecule has 0 unspecified atom stereocenters. The van der Waals surface area contributed by atoms with E-state index in [1.807, 2.05) is 6.07 Å². The molecule has 5 heteroatoms. The van der Waals surface area contributed by atoms with Gasteiger partial charge >= 0.3 is 5.97 Å². The Morgan fingerprint density at radius 2 is 2.40 bits per heavy atom. The normalized spacial score (nSPS) is 10.1. The lowest BCUT2D eigenvalue weighted by atomic mass is 10.1. The smallest absolute Gasteiger partial charge is 0.346 e. The highest BCUT2D eigenvalue weighted by atomic mass is 32.1. The molecule has 0 aliphatic carbocycles. The number of pyridine rings is 1.